The van der Waals surface area contributed by atoms with E-state index >= 15 is 0 Å². The second kappa shape index (κ2) is 9.30. The Bertz CT molecular complexity index is 691. The van der Waals surface area contributed by atoms with Gasteiger partial charge in [0.15, 0.2) is 5.78 Å². The van der Waals surface area contributed by atoms with Crippen LogP contribution in [0.5, 0.6) is 0 Å². The summed E-state index contributed by atoms with van der Waals surface area (Å²) in [5, 5.41) is 2.85. The molecule has 1 N–H and O–H groups in total. The standard InChI is InChI=1S/C20H21NO3/c1-2-24-13-12-19(22)14-17-8-10-18(11-9-17)21-20(23)15-16-6-4-3-5-7-16/h3-13H,2,14-15H2,1H3,(H,21,23)/b13-12+. The highest BCUT2D eigenvalue weighted by Gasteiger charge is 2.05. The van der Waals surface area contributed by atoms with Gasteiger partial charge in [-0.25, -0.2) is 0 Å². The summed E-state index contributed by atoms with van der Waals surface area (Å²) in [5.74, 6) is -0.0889. The first kappa shape index (κ1) is 17.5. The summed E-state index contributed by atoms with van der Waals surface area (Å²) in [7, 11) is 0. The van der Waals surface area contributed by atoms with E-state index < -0.39 is 0 Å². The predicted octanol–water partition coefficient (Wildman–Crippen LogP) is 3.53. The molecule has 4 heteroatoms. The molecule has 0 aliphatic heterocycles. The number of carbonyl (C=O) groups is 2. The molecule has 0 atom stereocenters. The van der Waals surface area contributed by atoms with Gasteiger partial charge >= 0.3 is 0 Å². The molecule has 0 aromatic heterocycles. The fraction of sp³-hybridized carbons (Fsp3) is 0.200. The Balaban J connectivity index is 1.85. The average molecular weight is 323 g/mol. The van der Waals surface area contributed by atoms with Crippen LogP contribution in [0.3, 0.4) is 0 Å². The summed E-state index contributed by atoms with van der Waals surface area (Å²) < 4.78 is 5.00. The summed E-state index contributed by atoms with van der Waals surface area (Å²) in [4.78, 5) is 23.7. The third-order valence-corrected chi connectivity index (χ3v) is 3.34. The van der Waals surface area contributed by atoms with Crippen LogP contribution in [0.25, 0.3) is 0 Å². The maximum atomic E-state index is 12.0. The third-order valence-electron chi connectivity index (χ3n) is 3.34. The van der Waals surface area contributed by atoms with E-state index in [1.807, 2.05) is 49.4 Å². The van der Waals surface area contributed by atoms with Gasteiger partial charge in [0.25, 0.3) is 0 Å². The maximum Gasteiger partial charge on any atom is 0.228 e. The minimum atomic E-state index is -0.0651. The fourth-order valence-electron chi connectivity index (χ4n) is 2.17. The van der Waals surface area contributed by atoms with Gasteiger partial charge in [-0.05, 0) is 30.2 Å². The van der Waals surface area contributed by atoms with Crippen LogP contribution < -0.4 is 5.32 Å². The molecule has 0 heterocycles. The lowest BCUT2D eigenvalue weighted by atomic mass is 10.1. The zero-order valence-corrected chi connectivity index (χ0v) is 13.7. The fourth-order valence-corrected chi connectivity index (χ4v) is 2.17. The average Bonchev–Trinajstić information content (AvgIpc) is 2.58. The lowest BCUT2D eigenvalue weighted by Gasteiger charge is -2.06. The van der Waals surface area contributed by atoms with Crippen molar-refractivity contribution < 1.29 is 14.3 Å². The van der Waals surface area contributed by atoms with Crippen LogP contribution in [0.15, 0.2) is 66.9 Å². The van der Waals surface area contributed by atoms with Crippen molar-refractivity contribution in [2.75, 3.05) is 11.9 Å². The van der Waals surface area contributed by atoms with Gasteiger partial charge in [-0.15, -0.1) is 0 Å². The van der Waals surface area contributed by atoms with Gasteiger partial charge in [0.05, 0.1) is 19.3 Å². The van der Waals surface area contributed by atoms with E-state index in [9.17, 15) is 9.59 Å². The number of amides is 1. The van der Waals surface area contributed by atoms with Crippen molar-refractivity contribution >= 4 is 17.4 Å². The lowest BCUT2D eigenvalue weighted by Crippen LogP contribution is -2.14. The zero-order chi connectivity index (χ0) is 17.2. The highest BCUT2D eigenvalue weighted by atomic mass is 16.5. The number of rotatable bonds is 8. The van der Waals surface area contributed by atoms with Gasteiger partial charge in [-0.2, -0.15) is 0 Å². The molecule has 124 valence electrons. The van der Waals surface area contributed by atoms with Crippen LogP contribution >= 0.6 is 0 Å². The number of hydrogen-bond acceptors (Lipinski definition) is 3. The molecule has 0 fully saturated rings. The monoisotopic (exact) mass is 323 g/mol. The molecule has 0 unspecified atom stereocenters. The molecule has 0 saturated carbocycles. The van der Waals surface area contributed by atoms with Crippen molar-refractivity contribution in [2.24, 2.45) is 0 Å². The molecule has 4 nitrogen and oxygen atoms in total. The topological polar surface area (TPSA) is 55.4 Å². The van der Waals surface area contributed by atoms with Crippen molar-refractivity contribution in [3.8, 4) is 0 Å². The molecule has 0 aliphatic carbocycles. The van der Waals surface area contributed by atoms with Gasteiger partial charge < -0.3 is 10.1 Å². The van der Waals surface area contributed by atoms with E-state index in [0.717, 1.165) is 16.8 Å². The number of ketones is 1. The van der Waals surface area contributed by atoms with Crippen molar-refractivity contribution in [1.82, 2.24) is 0 Å². The lowest BCUT2D eigenvalue weighted by molar-refractivity contribution is -0.116. The number of benzene rings is 2. The molecule has 2 aromatic rings. The maximum absolute atomic E-state index is 12.0. The van der Waals surface area contributed by atoms with E-state index in [0.29, 0.717) is 19.4 Å². The molecule has 2 rings (SSSR count). The van der Waals surface area contributed by atoms with E-state index in [2.05, 4.69) is 5.32 Å². The highest BCUT2D eigenvalue weighted by molar-refractivity contribution is 5.93. The van der Waals surface area contributed by atoms with Gasteiger partial charge in [0, 0.05) is 18.2 Å². The summed E-state index contributed by atoms with van der Waals surface area (Å²) >= 11 is 0. The Hall–Kier alpha value is -2.88. The van der Waals surface area contributed by atoms with Crippen LogP contribution in [0.4, 0.5) is 5.69 Å². The summed E-state index contributed by atoms with van der Waals surface area (Å²) in [5.41, 5.74) is 2.58. The first-order valence-corrected chi connectivity index (χ1v) is 7.91. The number of ether oxygens (including phenoxy) is 1. The summed E-state index contributed by atoms with van der Waals surface area (Å²) in [6, 6.07) is 16.9. The Morgan fingerprint density at radius 2 is 1.62 bits per heavy atom. The van der Waals surface area contributed by atoms with Gasteiger partial charge in [0.1, 0.15) is 0 Å². The minimum absolute atomic E-state index is 0.0238. The Kier molecular flexibility index (Phi) is 6.77. The smallest absolute Gasteiger partial charge is 0.228 e. The van der Waals surface area contributed by atoms with Gasteiger partial charge in [0.2, 0.25) is 5.91 Å². The van der Waals surface area contributed by atoms with Crippen LogP contribution in [-0.2, 0) is 27.2 Å². The van der Waals surface area contributed by atoms with Crippen LogP contribution in [0, 0.1) is 0 Å². The quantitative estimate of drug-likeness (QED) is 0.597. The number of nitrogens with one attached hydrogen (secondary N) is 1. The van der Waals surface area contributed by atoms with E-state index in [-0.39, 0.29) is 11.7 Å². The van der Waals surface area contributed by atoms with E-state index in [1.54, 1.807) is 12.1 Å². The van der Waals surface area contributed by atoms with Gasteiger partial charge in [-0.3, -0.25) is 9.59 Å². The molecule has 2 aromatic carbocycles. The Labute approximate surface area is 142 Å². The Morgan fingerprint density at radius 1 is 0.958 bits per heavy atom. The summed E-state index contributed by atoms with van der Waals surface area (Å²) in [6.45, 7) is 2.40. The minimum Gasteiger partial charge on any atom is -0.501 e. The van der Waals surface area contributed by atoms with Crippen molar-refractivity contribution in [1.29, 1.82) is 0 Å². The number of carbonyl (C=O) groups excluding carboxylic acids is 2. The van der Waals surface area contributed by atoms with Crippen molar-refractivity contribution in [2.45, 2.75) is 19.8 Å². The Morgan fingerprint density at radius 3 is 2.29 bits per heavy atom. The second-order valence-electron chi connectivity index (χ2n) is 5.31. The second-order valence-corrected chi connectivity index (χ2v) is 5.31. The first-order valence-electron chi connectivity index (χ1n) is 7.91. The SMILES string of the molecule is CCO/C=C/C(=O)Cc1ccc(NC(=O)Cc2ccccc2)cc1. The normalized spacial score (nSPS) is 10.5. The highest BCUT2D eigenvalue weighted by Crippen LogP contribution is 2.11. The van der Waals surface area contributed by atoms with Crippen LogP contribution in [0.2, 0.25) is 0 Å². The van der Waals surface area contributed by atoms with E-state index in [4.69, 9.17) is 4.74 Å². The molecule has 1 amide bonds. The zero-order valence-electron chi connectivity index (χ0n) is 13.7. The largest absolute Gasteiger partial charge is 0.501 e. The molecule has 24 heavy (non-hydrogen) atoms. The predicted molar refractivity (Wildman–Crippen MR) is 94.7 cm³/mol. The molecule has 0 bridgehead atoms. The van der Waals surface area contributed by atoms with Crippen LogP contribution in [0.1, 0.15) is 18.1 Å². The number of allylic oxidation sites excluding steroid dienone is 1. The first-order chi connectivity index (χ1) is 11.7. The van der Waals surface area contributed by atoms with Crippen molar-refractivity contribution in [3.05, 3.63) is 78.1 Å². The number of hydrogen-bond donors (Lipinski definition) is 1. The molecule has 0 spiro atoms. The third kappa shape index (κ3) is 6.08. The number of anilines is 1. The molecule has 0 aliphatic rings. The molecular formula is C20H21NO3. The van der Waals surface area contributed by atoms with E-state index in [1.165, 1.54) is 12.3 Å². The molecule has 0 radical (unpaired) electrons. The molecular weight excluding hydrogens is 302 g/mol. The van der Waals surface area contributed by atoms with Crippen LogP contribution in [-0.4, -0.2) is 18.3 Å². The molecule has 0 saturated heterocycles. The summed E-state index contributed by atoms with van der Waals surface area (Å²) in [6.07, 6.45) is 3.49. The van der Waals surface area contributed by atoms with Crippen molar-refractivity contribution in [3.63, 3.8) is 0 Å². The van der Waals surface area contributed by atoms with Gasteiger partial charge in [-0.1, -0.05) is 42.5 Å².